The van der Waals surface area contributed by atoms with Crippen LogP contribution in [0.5, 0.6) is 0 Å². The highest BCUT2D eigenvalue weighted by Crippen LogP contribution is 2.29. The molecule has 5 rings (SSSR count). The van der Waals surface area contributed by atoms with E-state index in [1.807, 2.05) is 30.3 Å². The average molecular weight is 343 g/mol. The molecule has 26 heavy (non-hydrogen) atoms. The molecule has 0 amide bonds. The third-order valence-corrected chi connectivity index (χ3v) is 5.26. The molecule has 1 fully saturated rings. The molecule has 2 aromatic heterocycles. The average Bonchev–Trinajstić information content (AvgIpc) is 3.42. The van der Waals surface area contributed by atoms with E-state index in [9.17, 15) is 0 Å². The summed E-state index contributed by atoms with van der Waals surface area (Å²) >= 11 is 0. The Balaban J connectivity index is 1.52. The molecule has 2 aliphatic heterocycles. The predicted octanol–water partition coefficient (Wildman–Crippen LogP) is 3.43. The van der Waals surface area contributed by atoms with Crippen LogP contribution in [-0.4, -0.2) is 33.6 Å². The van der Waals surface area contributed by atoms with Gasteiger partial charge >= 0.3 is 0 Å². The molecule has 0 bridgehead atoms. The summed E-state index contributed by atoms with van der Waals surface area (Å²) in [5, 5.41) is 4.29. The standard InChI is InChI=1S/C21H21N5/c1-25-14-18(13-24-25)15-4-5-17-12-23-21(19(17)10-15)16-6-7-22-20(11-16)26-8-2-3-9-26/h4-7,10-11,13-14H,2-3,8-9,12H2,1H3. The van der Waals surface area contributed by atoms with Gasteiger partial charge in [0.2, 0.25) is 0 Å². The minimum absolute atomic E-state index is 0.749. The van der Waals surface area contributed by atoms with Gasteiger partial charge < -0.3 is 4.90 Å². The van der Waals surface area contributed by atoms with Crippen LogP contribution >= 0.6 is 0 Å². The van der Waals surface area contributed by atoms with E-state index in [0.29, 0.717) is 0 Å². The third-order valence-electron chi connectivity index (χ3n) is 5.26. The molecule has 0 aliphatic carbocycles. The van der Waals surface area contributed by atoms with E-state index in [1.54, 1.807) is 0 Å². The molecule has 0 saturated carbocycles. The molecule has 1 aromatic carbocycles. The van der Waals surface area contributed by atoms with E-state index < -0.39 is 0 Å². The summed E-state index contributed by atoms with van der Waals surface area (Å²) in [7, 11) is 1.95. The van der Waals surface area contributed by atoms with E-state index in [4.69, 9.17) is 4.99 Å². The Morgan fingerprint density at radius 2 is 1.85 bits per heavy atom. The van der Waals surface area contributed by atoms with Gasteiger partial charge in [-0.3, -0.25) is 9.67 Å². The Hall–Kier alpha value is -2.95. The van der Waals surface area contributed by atoms with Gasteiger partial charge in [0.1, 0.15) is 5.82 Å². The second-order valence-electron chi connectivity index (χ2n) is 7.04. The van der Waals surface area contributed by atoms with Crippen LogP contribution in [0, 0.1) is 0 Å². The van der Waals surface area contributed by atoms with Gasteiger partial charge in [0, 0.05) is 49.2 Å². The highest BCUT2D eigenvalue weighted by Gasteiger charge is 2.20. The monoisotopic (exact) mass is 343 g/mol. The second kappa shape index (κ2) is 6.09. The molecule has 2 aliphatic rings. The Labute approximate surface area is 153 Å². The lowest BCUT2D eigenvalue weighted by Gasteiger charge is -2.17. The van der Waals surface area contributed by atoms with Gasteiger partial charge in [0.15, 0.2) is 0 Å². The van der Waals surface area contributed by atoms with Crippen LogP contribution in [0.3, 0.4) is 0 Å². The summed E-state index contributed by atoms with van der Waals surface area (Å²) in [6, 6.07) is 10.9. The van der Waals surface area contributed by atoms with E-state index in [0.717, 1.165) is 42.3 Å². The zero-order valence-electron chi connectivity index (χ0n) is 14.9. The molecule has 0 spiro atoms. The number of aliphatic imine (C=N–C) groups is 1. The lowest BCUT2D eigenvalue weighted by molar-refractivity contribution is 0.768. The van der Waals surface area contributed by atoms with Gasteiger partial charge in [-0.25, -0.2) is 4.98 Å². The molecule has 0 radical (unpaired) electrons. The third kappa shape index (κ3) is 2.60. The molecule has 130 valence electrons. The van der Waals surface area contributed by atoms with Crippen LogP contribution in [0.15, 0.2) is 53.9 Å². The Morgan fingerprint density at radius 3 is 2.65 bits per heavy atom. The maximum atomic E-state index is 4.83. The van der Waals surface area contributed by atoms with Crippen molar-refractivity contribution >= 4 is 11.5 Å². The van der Waals surface area contributed by atoms with Crippen LogP contribution in [0.4, 0.5) is 5.82 Å². The first kappa shape index (κ1) is 15.3. The fraction of sp³-hybridized carbons (Fsp3) is 0.286. The number of benzene rings is 1. The van der Waals surface area contributed by atoms with Gasteiger partial charge in [-0.2, -0.15) is 5.10 Å². The largest absolute Gasteiger partial charge is 0.357 e. The van der Waals surface area contributed by atoms with Crippen molar-refractivity contribution in [1.82, 2.24) is 14.8 Å². The Bertz CT molecular complexity index is 995. The maximum absolute atomic E-state index is 4.83. The minimum Gasteiger partial charge on any atom is -0.357 e. The van der Waals surface area contributed by atoms with Gasteiger partial charge in [0.05, 0.1) is 18.5 Å². The lowest BCUT2D eigenvalue weighted by atomic mass is 9.96. The Kier molecular flexibility index (Phi) is 3.59. The summed E-state index contributed by atoms with van der Waals surface area (Å²) in [5.74, 6) is 1.07. The van der Waals surface area contributed by atoms with Crippen molar-refractivity contribution < 1.29 is 0 Å². The number of hydrogen-bond acceptors (Lipinski definition) is 4. The molecule has 3 aromatic rings. The molecule has 4 heterocycles. The van der Waals surface area contributed by atoms with Crippen molar-refractivity contribution in [3.05, 3.63) is 65.6 Å². The fourth-order valence-corrected chi connectivity index (χ4v) is 3.87. The molecule has 0 atom stereocenters. The van der Waals surface area contributed by atoms with Crippen LogP contribution < -0.4 is 4.90 Å². The van der Waals surface area contributed by atoms with Gasteiger partial charge in [-0.15, -0.1) is 0 Å². The summed E-state index contributed by atoms with van der Waals surface area (Å²) in [6.07, 6.45) is 8.37. The molecule has 5 heteroatoms. The normalized spacial score (nSPS) is 16.0. The summed E-state index contributed by atoms with van der Waals surface area (Å²) < 4.78 is 1.84. The van der Waals surface area contributed by atoms with Crippen LogP contribution in [0.25, 0.3) is 11.1 Å². The molecule has 0 unspecified atom stereocenters. The van der Waals surface area contributed by atoms with Gasteiger partial charge in [0.25, 0.3) is 0 Å². The molecule has 5 nitrogen and oxygen atoms in total. The molecule has 0 N–H and O–H groups in total. The summed E-state index contributed by atoms with van der Waals surface area (Å²) in [6.45, 7) is 2.95. The van der Waals surface area contributed by atoms with Crippen LogP contribution in [0.1, 0.15) is 29.5 Å². The number of aromatic nitrogens is 3. The van der Waals surface area contributed by atoms with E-state index in [1.165, 1.54) is 29.5 Å². The lowest BCUT2D eigenvalue weighted by Crippen LogP contribution is -2.19. The van der Waals surface area contributed by atoms with E-state index >= 15 is 0 Å². The number of nitrogens with zero attached hydrogens (tertiary/aromatic N) is 5. The molecular weight excluding hydrogens is 322 g/mol. The van der Waals surface area contributed by atoms with Crippen LogP contribution in [0.2, 0.25) is 0 Å². The zero-order valence-corrected chi connectivity index (χ0v) is 14.9. The van der Waals surface area contributed by atoms with Crippen LogP contribution in [-0.2, 0) is 13.6 Å². The minimum atomic E-state index is 0.749. The zero-order chi connectivity index (χ0) is 17.5. The number of hydrogen-bond donors (Lipinski definition) is 0. The fourth-order valence-electron chi connectivity index (χ4n) is 3.87. The number of pyridine rings is 1. The molecule has 1 saturated heterocycles. The first-order valence-corrected chi connectivity index (χ1v) is 9.16. The van der Waals surface area contributed by atoms with Crippen molar-refractivity contribution in [1.29, 1.82) is 0 Å². The number of fused-ring (bicyclic) bond motifs is 1. The maximum Gasteiger partial charge on any atom is 0.129 e. The van der Waals surface area contributed by atoms with Crippen molar-refractivity contribution in [2.45, 2.75) is 19.4 Å². The number of anilines is 1. The van der Waals surface area contributed by atoms with Crippen molar-refractivity contribution in [3.8, 4) is 11.1 Å². The van der Waals surface area contributed by atoms with Crippen molar-refractivity contribution in [3.63, 3.8) is 0 Å². The van der Waals surface area contributed by atoms with Gasteiger partial charge in [-0.05, 0) is 42.2 Å². The molecular formula is C21H21N5. The second-order valence-corrected chi connectivity index (χ2v) is 7.04. The highest BCUT2D eigenvalue weighted by molar-refractivity contribution is 6.15. The topological polar surface area (TPSA) is 46.3 Å². The first-order chi connectivity index (χ1) is 12.8. The smallest absolute Gasteiger partial charge is 0.129 e. The van der Waals surface area contributed by atoms with Crippen molar-refractivity contribution in [2.75, 3.05) is 18.0 Å². The summed E-state index contributed by atoms with van der Waals surface area (Å²) in [5.41, 5.74) is 7.06. The van der Waals surface area contributed by atoms with E-state index in [2.05, 4.69) is 45.3 Å². The quantitative estimate of drug-likeness (QED) is 0.732. The van der Waals surface area contributed by atoms with Gasteiger partial charge in [-0.1, -0.05) is 12.1 Å². The van der Waals surface area contributed by atoms with Crippen molar-refractivity contribution in [2.24, 2.45) is 12.0 Å². The summed E-state index contributed by atoms with van der Waals surface area (Å²) in [4.78, 5) is 11.8. The SMILES string of the molecule is Cn1cc(-c2ccc3c(c2)C(c2ccnc(N4CCCC4)c2)=NC3)cn1. The Morgan fingerprint density at radius 1 is 0.962 bits per heavy atom. The van der Waals surface area contributed by atoms with E-state index in [-0.39, 0.29) is 0 Å². The first-order valence-electron chi connectivity index (χ1n) is 9.16. The highest BCUT2D eigenvalue weighted by atomic mass is 15.2. The predicted molar refractivity (Wildman–Crippen MR) is 104 cm³/mol. The number of aryl methyl sites for hydroxylation is 1. The number of rotatable bonds is 3.